The minimum Gasteiger partial charge on any atom is -0.370 e. The number of unbranched alkanes of at least 4 members (excludes halogenated alkanes) is 2. The van der Waals surface area contributed by atoms with Gasteiger partial charge in [-0.25, -0.2) is 4.98 Å². The molecule has 0 fully saturated rings. The van der Waals surface area contributed by atoms with E-state index in [1.54, 1.807) is 0 Å². The molecule has 0 atom stereocenters. The molecule has 27 heavy (non-hydrogen) atoms. The van der Waals surface area contributed by atoms with Gasteiger partial charge in [0.05, 0.1) is 0 Å². The van der Waals surface area contributed by atoms with Crippen LogP contribution in [0.3, 0.4) is 0 Å². The fourth-order valence-corrected chi connectivity index (χ4v) is 3.26. The second-order valence-electron chi connectivity index (χ2n) is 7.53. The van der Waals surface area contributed by atoms with Gasteiger partial charge in [-0.15, -0.1) is 0 Å². The van der Waals surface area contributed by atoms with Crippen molar-refractivity contribution < 1.29 is 0 Å². The normalized spacial score (nSPS) is 11.1. The third-order valence-corrected chi connectivity index (χ3v) is 4.75. The summed E-state index contributed by atoms with van der Waals surface area (Å²) in [5.74, 6) is 1.22. The number of anilines is 2. The molecule has 148 valence electrons. The summed E-state index contributed by atoms with van der Waals surface area (Å²) < 4.78 is 0. The van der Waals surface area contributed by atoms with Crippen molar-refractivity contribution in [1.29, 1.82) is 0 Å². The zero-order chi connectivity index (χ0) is 19.6. The molecular formula is C22H35N5. The quantitative estimate of drug-likeness (QED) is 0.585. The zero-order valence-electron chi connectivity index (χ0n) is 17.4. The maximum atomic E-state index is 5.89. The van der Waals surface area contributed by atoms with E-state index in [1.807, 2.05) is 6.92 Å². The summed E-state index contributed by atoms with van der Waals surface area (Å²) in [5.41, 5.74) is 10.7. The van der Waals surface area contributed by atoms with Crippen LogP contribution in [-0.4, -0.2) is 42.1 Å². The van der Waals surface area contributed by atoms with Crippen LogP contribution in [-0.2, 0) is 12.8 Å². The van der Waals surface area contributed by atoms with Crippen LogP contribution in [0.5, 0.6) is 0 Å². The fraction of sp³-hybridized carbons (Fsp3) is 0.545. The van der Waals surface area contributed by atoms with Crippen LogP contribution in [0.2, 0.25) is 0 Å². The van der Waals surface area contributed by atoms with Crippen molar-refractivity contribution in [3.8, 4) is 0 Å². The van der Waals surface area contributed by atoms with Gasteiger partial charge in [-0.3, -0.25) is 0 Å². The molecule has 2 rings (SSSR count). The minimum atomic E-state index is 0.340. The average molecular weight is 370 g/mol. The summed E-state index contributed by atoms with van der Waals surface area (Å²) in [4.78, 5) is 11.1. The lowest BCUT2D eigenvalue weighted by Gasteiger charge is -2.15. The monoisotopic (exact) mass is 369 g/mol. The van der Waals surface area contributed by atoms with Crippen LogP contribution in [0.1, 0.15) is 55.0 Å². The topological polar surface area (TPSA) is 67.1 Å². The van der Waals surface area contributed by atoms with Gasteiger partial charge in [0.15, 0.2) is 0 Å². The molecule has 0 bridgehead atoms. The van der Waals surface area contributed by atoms with Crippen molar-refractivity contribution >= 4 is 11.8 Å². The van der Waals surface area contributed by atoms with E-state index >= 15 is 0 Å². The number of nitrogen functional groups attached to an aromatic ring is 1. The van der Waals surface area contributed by atoms with Crippen LogP contribution in [0, 0.1) is 6.92 Å². The van der Waals surface area contributed by atoms with Crippen molar-refractivity contribution in [1.82, 2.24) is 14.9 Å². The van der Waals surface area contributed by atoms with E-state index in [-0.39, 0.29) is 0 Å². The summed E-state index contributed by atoms with van der Waals surface area (Å²) in [6.45, 7) is 6.26. The Balaban J connectivity index is 2.11. The Kier molecular flexibility index (Phi) is 8.52. The molecule has 0 saturated carbocycles. The van der Waals surface area contributed by atoms with Crippen molar-refractivity contribution in [2.75, 3.05) is 38.2 Å². The van der Waals surface area contributed by atoms with E-state index in [0.29, 0.717) is 5.95 Å². The van der Waals surface area contributed by atoms with E-state index in [9.17, 15) is 0 Å². The number of nitrogens with two attached hydrogens (primary N) is 1. The Morgan fingerprint density at radius 2 is 1.85 bits per heavy atom. The number of aromatic nitrogens is 2. The van der Waals surface area contributed by atoms with Gasteiger partial charge >= 0.3 is 0 Å². The molecule has 0 unspecified atom stereocenters. The van der Waals surface area contributed by atoms with Crippen LogP contribution >= 0.6 is 0 Å². The Bertz CT molecular complexity index is 712. The van der Waals surface area contributed by atoms with E-state index in [1.165, 1.54) is 30.4 Å². The molecule has 5 nitrogen and oxygen atoms in total. The third-order valence-electron chi connectivity index (χ3n) is 4.75. The molecule has 0 amide bonds. The van der Waals surface area contributed by atoms with Crippen LogP contribution in [0.25, 0.3) is 0 Å². The molecule has 0 aliphatic carbocycles. The molecule has 0 spiro atoms. The number of nitrogens with one attached hydrogen (secondary N) is 1. The largest absolute Gasteiger partial charge is 0.370 e. The van der Waals surface area contributed by atoms with Crippen LogP contribution in [0.4, 0.5) is 11.8 Å². The van der Waals surface area contributed by atoms with Gasteiger partial charge in [0, 0.05) is 24.2 Å². The average Bonchev–Trinajstić information content (AvgIpc) is 2.61. The molecule has 0 aliphatic rings. The molecule has 1 aromatic carbocycles. The highest BCUT2D eigenvalue weighted by molar-refractivity contribution is 5.51. The predicted molar refractivity (Wildman–Crippen MR) is 115 cm³/mol. The fourth-order valence-electron chi connectivity index (χ4n) is 3.26. The van der Waals surface area contributed by atoms with Crippen molar-refractivity contribution in [2.24, 2.45) is 0 Å². The molecule has 0 saturated heterocycles. The van der Waals surface area contributed by atoms with Crippen LogP contribution < -0.4 is 11.1 Å². The van der Waals surface area contributed by atoms with E-state index in [0.717, 1.165) is 49.4 Å². The summed E-state index contributed by atoms with van der Waals surface area (Å²) in [5, 5.41) is 3.47. The van der Waals surface area contributed by atoms with Crippen LogP contribution in [0.15, 0.2) is 24.3 Å². The SMILES string of the molecule is CCCCCNc1nc(N)nc(C)c1Cc1cccc(CCCN(C)C)c1. The Morgan fingerprint density at radius 1 is 1.07 bits per heavy atom. The smallest absolute Gasteiger partial charge is 0.222 e. The molecule has 3 N–H and O–H groups in total. The summed E-state index contributed by atoms with van der Waals surface area (Å²) in [6, 6.07) is 8.87. The van der Waals surface area contributed by atoms with Gasteiger partial charge in [-0.05, 0) is 58.0 Å². The van der Waals surface area contributed by atoms with E-state index in [2.05, 4.69) is 65.5 Å². The summed E-state index contributed by atoms with van der Waals surface area (Å²) in [6.07, 6.45) is 6.66. The first-order valence-electron chi connectivity index (χ1n) is 10.1. The van der Waals surface area contributed by atoms with Gasteiger partial charge in [0.25, 0.3) is 0 Å². The molecule has 5 heteroatoms. The maximum absolute atomic E-state index is 5.89. The Morgan fingerprint density at radius 3 is 2.59 bits per heavy atom. The van der Waals surface area contributed by atoms with Gasteiger partial charge in [0.1, 0.15) is 5.82 Å². The number of hydrogen-bond acceptors (Lipinski definition) is 5. The first-order chi connectivity index (χ1) is 13.0. The molecular weight excluding hydrogens is 334 g/mol. The molecule has 0 aliphatic heterocycles. The van der Waals surface area contributed by atoms with Crippen molar-refractivity contribution in [2.45, 2.75) is 52.4 Å². The first kappa shape index (κ1) is 21.2. The maximum Gasteiger partial charge on any atom is 0.222 e. The lowest BCUT2D eigenvalue weighted by Crippen LogP contribution is -2.13. The number of rotatable bonds is 11. The molecule has 0 radical (unpaired) electrons. The highest BCUT2D eigenvalue weighted by atomic mass is 15.1. The second kappa shape index (κ2) is 10.9. The van der Waals surface area contributed by atoms with Gasteiger partial charge < -0.3 is 16.0 Å². The Labute approximate surface area is 164 Å². The molecule has 2 aromatic rings. The molecule has 1 aromatic heterocycles. The van der Waals surface area contributed by atoms with Crippen molar-refractivity contribution in [3.05, 3.63) is 46.6 Å². The van der Waals surface area contributed by atoms with Gasteiger partial charge in [-0.1, -0.05) is 44.0 Å². The second-order valence-corrected chi connectivity index (χ2v) is 7.53. The predicted octanol–water partition coefficient (Wildman–Crippen LogP) is 4.05. The lowest BCUT2D eigenvalue weighted by atomic mass is 10.00. The zero-order valence-corrected chi connectivity index (χ0v) is 17.4. The molecule has 1 heterocycles. The van der Waals surface area contributed by atoms with Gasteiger partial charge in [-0.2, -0.15) is 4.98 Å². The van der Waals surface area contributed by atoms with E-state index in [4.69, 9.17) is 5.73 Å². The summed E-state index contributed by atoms with van der Waals surface area (Å²) >= 11 is 0. The number of nitrogens with zero attached hydrogens (tertiary/aromatic N) is 3. The third kappa shape index (κ3) is 7.18. The van der Waals surface area contributed by atoms with E-state index < -0.39 is 0 Å². The summed E-state index contributed by atoms with van der Waals surface area (Å²) in [7, 11) is 4.24. The minimum absolute atomic E-state index is 0.340. The highest BCUT2D eigenvalue weighted by Gasteiger charge is 2.11. The number of benzene rings is 1. The number of hydrogen-bond donors (Lipinski definition) is 2. The first-order valence-corrected chi connectivity index (χ1v) is 10.1. The standard InChI is InChI=1S/C22H35N5/c1-5-6-7-13-24-21-20(17(2)25-22(23)26-21)16-19-11-8-10-18(15-19)12-9-14-27(3)4/h8,10-11,15H,5-7,9,12-14,16H2,1-4H3,(H3,23,24,25,26). The van der Waals surface area contributed by atoms with Gasteiger partial charge in [0.2, 0.25) is 5.95 Å². The highest BCUT2D eigenvalue weighted by Crippen LogP contribution is 2.22. The lowest BCUT2D eigenvalue weighted by molar-refractivity contribution is 0.400. The number of aryl methyl sites for hydroxylation is 2. The Hall–Kier alpha value is -2.14. The van der Waals surface area contributed by atoms with Crippen molar-refractivity contribution in [3.63, 3.8) is 0 Å².